The largest absolute Gasteiger partial charge is 0.457 e. The van der Waals surface area contributed by atoms with E-state index in [0.29, 0.717) is 22.9 Å². The summed E-state index contributed by atoms with van der Waals surface area (Å²) >= 11 is 0. The molecule has 2 aromatic carbocycles. The SMILES string of the molecule is O=C(Nc1ccc(Oc2ccncc2)cc1)Nc1cc(C(F)(F)F)ccc1-n1cccn1. The zero-order chi connectivity index (χ0) is 22.6. The molecule has 0 spiro atoms. The average Bonchev–Trinajstić information content (AvgIpc) is 3.30. The van der Waals surface area contributed by atoms with Crippen molar-refractivity contribution >= 4 is 17.4 Å². The van der Waals surface area contributed by atoms with Gasteiger partial charge in [0.1, 0.15) is 11.5 Å². The maximum atomic E-state index is 13.2. The Kier molecular flexibility index (Phi) is 5.75. The Morgan fingerprint density at radius 3 is 2.28 bits per heavy atom. The minimum atomic E-state index is -4.56. The van der Waals surface area contributed by atoms with E-state index in [1.165, 1.54) is 16.9 Å². The molecule has 2 heterocycles. The number of aromatic nitrogens is 3. The fraction of sp³-hybridized carbons (Fsp3) is 0.0455. The number of carbonyl (C=O) groups is 1. The molecule has 0 aliphatic heterocycles. The summed E-state index contributed by atoms with van der Waals surface area (Å²) in [5.74, 6) is 1.15. The van der Waals surface area contributed by atoms with Crippen LogP contribution in [-0.4, -0.2) is 20.8 Å². The molecule has 7 nitrogen and oxygen atoms in total. The van der Waals surface area contributed by atoms with Crippen LogP contribution in [-0.2, 0) is 6.18 Å². The predicted octanol–water partition coefficient (Wildman–Crippen LogP) is 5.72. The second-order valence-electron chi connectivity index (χ2n) is 6.57. The first-order valence-electron chi connectivity index (χ1n) is 9.36. The Labute approximate surface area is 180 Å². The monoisotopic (exact) mass is 439 g/mol. The number of alkyl halides is 3. The summed E-state index contributed by atoms with van der Waals surface area (Å²) in [5.41, 5.74) is -0.212. The minimum absolute atomic E-state index is 0.0429. The summed E-state index contributed by atoms with van der Waals surface area (Å²) < 4.78 is 46.5. The van der Waals surface area contributed by atoms with Gasteiger partial charge in [-0.1, -0.05) is 0 Å². The van der Waals surface area contributed by atoms with Gasteiger partial charge in [0.2, 0.25) is 0 Å². The van der Waals surface area contributed by atoms with E-state index in [1.54, 1.807) is 61.1 Å². The Hall–Kier alpha value is -4.34. The van der Waals surface area contributed by atoms with Crippen molar-refractivity contribution in [3.8, 4) is 17.2 Å². The number of nitrogens with one attached hydrogen (secondary N) is 2. The van der Waals surface area contributed by atoms with E-state index in [4.69, 9.17) is 4.74 Å². The molecule has 0 aliphatic rings. The van der Waals surface area contributed by atoms with Crippen LogP contribution in [0.1, 0.15) is 5.56 Å². The Morgan fingerprint density at radius 2 is 1.62 bits per heavy atom. The third-order valence-electron chi connectivity index (χ3n) is 4.32. The summed E-state index contributed by atoms with van der Waals surface area (Å²) in [4.78, 5) is 16.4. The third kappa shape index (κ3) is 5.04. The van der Waals surface area contributed by atoms with E-state index in [1.807, 2.05) is 0 Å². The first kappa shape index (κ1) is 20.9. The summed E-state index contributed by atoms with van der Waals surface area (Å²) in [7, 11) is 0. The van der Waals surface area contributed by atoms with Gasteiger partial charge in [-0.25, -0.2) is 9.48 Å². The molecule has 0 aliphatic carbocycles. The van der Waals surface area contributed by atoms with Gasteiger partial charge >= 0.3 is 12.2 Å². The Morgan fingerprint density at radius 1 is 0.906 bits per heavy atom. The van der Waals surface area contributed by atoms with E-state index in [-0.39, 0.29) is 5.69 Å². The van der Waals surface area contributed by atoms with Crippen molar-refractivity contribution in [2.45, 2.75) is 6.18 Å². The van der Waals surface area contributed by atoms with Crippen molar-refractivity contribution in [2.75, 3.05) is 10.6 Å². The molecule has 0 unspecified atom stereocenters. The molecule has 2 N–H and O–H groups in total. The number of hydrogen-bond donors (Lipinski definition) is 2. The quantitative estimate of drug-likeness (QED) is 0.417. The number of pyridine rings is 1. The molecule has 0 fully saturated rings. The van der Waals surface area contributed by atoms with Gasteiger partial charge in [-0.15, -0.1) is 0 Å². The first-order valence-corrected chi connectivity index (χ1v) is 9.36. The third-order valence-corrected chi connectivity index (χ3v) is 4.32. The maximum Gasteiger partial charge on any atom is 0.416 e. The number of benzene rings is 2. The number of urea groups is 1. The van der Waals surface area contributed by atoms with E-state index in [0.717, 1.165) is 12.1 Å². The van der Waals surface area contributed by atoms with Crippen LogP contribution in [0.15, 0.2) is 85.5 Å². The second-order valence-corrected chi connectivity index (χ2v) is 6.57. The standard InChI is InChI=1S/C22H16F3N5O2/c23-22(24,25)15-2-7-20(30-13-1-10-27-30)19(14-15)29-21(31)28-16-3-5-17(6-4-16)32-18-8-11-26-12-9-18/h1-14H,(H2,28,29,31). The molecular formula is C22H16F3N5O2. The number of halogens is 3. The zero-order valence-corrected chi connectivity index (χ0v) is 16.4. The summed E-state index contributed by atoms with van der Waals surface area (Å²) in [6.45, 7) is 0. The second kappa shape index (κ2) is 8.80. The number of nitrogens with zero attached hydrogens (tertiary/aromatic N) is 3. The lowest BCUT2D eigenvalue weighted by atomic mass is 10.1. The highest BCUT2D eigenvalue weighted by Crippen LogP contribution is 2.33. The van der Waals surface area contributed by atoms with Gasteiger partial charge in [0.25, 0.3) is 0 Å². The van der Waals surface area contributed by atoms with Crippen LogP contribution in [0.4, 0.5) is 29.3 Å². The van der Waals surface area contributed by atoms with E-state index in [9.17, 15) is 18.0 Å². The van der Waals surface area contributed by atoms with Crippen LogP contribution in [0.2, 0.25) is 0 Å². The van der Waals surface area contributed by atoms with Crippen molar-refractivity contribution < 1.29 is 22.7 Å². The molecule has 0 saturated heterocycles. The highest BCUT2D eigenvalue weighted by molar-refractivity contribution is 6.01. The predicted molar refractivity (Wildman–Crippen MR) is 112 cm³/mol. The number of rotatable bonds is 5. The van der Waals surface area contributed by atoms with Crippen molar-refractivity contribution in [3.05, 3.63) is 91.0 Å². The number of hydrogen-bond acceptors (Lipinski definition) is 4. The molecule has 10 heteroatoms. The highest BCUT2D eigenvalue weighted by atomic mass is 19.4. The fourth-order valence-corrected chi connectivity index (χ4v) is 2.86. The molecule has 32 heavy (non-hydrogen) atoms. The van der Waals surface area contributed by atoms with Crippen LogP contribution in [0.3, 0.4) is 0 Å². The molecule has 4 aromatic rings. The lowest BCUT2D eigenvalue weighted by Crippen LogP contribution is -2.21. The molecule has 4 rings (SSSR count). The summed E-state index contributed by atoms with van der Waals surface area (Å²) in [5, 5.41) is 9.07. The van der Waals surface area contributed by atoms with Crippen LogP contribution in [0, 0.1) is 0 Å². The average molecular weight is 439 g/mol. The molecule has 2 amide bonds. The lowest BCUT2D eigenvalue weighted by molar-refractivity contribution is -0.137. The number of ether oxygens (including phenoxy) is 1. The number of amides is 2. The first-order chi connectivity index (χ1) is 15.4. The summed E-state index contributed by atoms with van der Waals surface area (Å²) in [6.07, 6.45) is 1.69. The highest BCUT2D eigenvalue weighted by Gasteiger charge is 2.31. The van der Waals surface area contributed by atoms with Gasteiger partial charge in [0, 0.05) is 30.5 Å². The molecule has 0 bridgehead atoms. The Balaban J connectivity index is 1.49. The fourth-order valence-electron chi connectivity index (χ4n) is 2.86. The van der Waals surface area contributed by atoms with Crippen molar-refractivity contribution in [3.63, 3.8) is 0 Å². The topological polar surface area (TPSA) is 81.1 Å². The maximum absolute atomic E-state index is 13.2. The van der Waals surface area contributed by atoms with Gasteiger partial charge in [0.15, 0.2) is 0 Å². The van der Waals surface area contributed by atoms with Gasteiger partial charge in [-0.05, 0) is 60.7 Å². The number of anilines is 2. The zero-order valence-electron chi connectivity index (χ0n) is 16.4. The molecular weight excluding hydrogens is 423 g/mol. The van der Waals surface area contributed by atoms with Crippen LogP contribution >= 0.6 is 0 Å². The van der Waals surface area contributed by atoms with E-state index < -0.39 is 17.8 Å². The number of carbonyl (C=O) groups excluding carboxylic acids is 1. The molecule has 0 atom stereocenters. The molecule has 2 aromatic heterocycles. The van der Waals surface area contributed by atoms with Gasteiger partial charge < -0.3 is 15.4 Å². The van der Waals surface area contributed by atoms with Crippen molar-refractivity contribution in [1.29, 1.82) is 0 Å². The Bertz CT molecular complexity index is 1190. The van der Waals surface area contributed by atoms with Crippen molar-refractivity contribution in [1.82, 2.24) is 14.8 Å². The smallest absolute Gasteiger partial charge is 0.416 e. The van der Waals surface area contributed by atoms with E-state index >= 15 is 0 Å². The van der Waals surface area contributed by atoms with Crippen LogP contribution in [0.25, 0.3) is 5.69 Å². The molecule has 0 saturated carbocycles. The molecule has 0 radical (unpaired) electrons. The van der Waals surface area contributed by atoms with E-state index in [2.05, 4.69) is 20.7 Å². The van der Waals surface area contributed by atoms with Crippen LogP contribution < -0.4 is 15.4 Å². The summed E-state index contributed by atoms with van der Waals surface area (Å²) in [6, 6.07) is 13.9. The lowest BCUT2D eigenvalue weighted by Gasteiger charge is -2.15. The normalized spacial score (nSPS) is 11.1. The van der Waals surface area contributed by atoms with Crippen LogP contribution in [0.5, 0.6) is 11.5 Å². The van der Waals surface area contributed by atoms with Gasteiger partial charge in [0.05, 0.1) is 16.9 Å². The van der Waals surface area contributed by atoms with Gasteiger partial charge in [-0.3, -0.25) is 4.98 Å². The minimum Gasteiger partial charge on any atom is -0.457 e. The van der Waals surface area contributed by atoms with Crippen molar-refractivity contribution in [2.24, 2.45) is 0 Å². The molecule has 162 valence electrons. The van der Waals surface area contributed by atoms with Gasteiger partial charge in [-0.2, -0.15) is 18.3 Å².